The van der Waals surface area contributed by atoms with Crippen LogP contribution in [0.5, 0.6) is 0 Å². The Balaban J connectivity index is 1.41. The van der Waals surface area contributed by atoms with Crippen molar-refractivity contribution in [3.8, 4) is 0 Å². The number of para-hydroxylation sites is 1. The number of aryl methyl sites for hydroxylation is 1. The van der Waals surface area contributed by atoms with E-state index in [1.54, 1.807) is 0 Å². The summed E-state index contributed by atoms with van der Waals surface area (Å²) in [5.74, 6) is 0.463. The zero-order valence-corrected chi connectivity index (χ0v) is 16.9. The molecule has 2 aliphatic rings. The van der Waals surface area contributed by atoms with Crippen molar-refractivity contribution in [3.05, 3.63) is 71.4 Å². The maximum Gasteiger partial charge on any atom is 0.248 e. The van der Waals surface area contributed by atoms with Crippen molar-refractivity contribution in [1.29, 1.82) is 0 Å². The molecule has 1 amide bonds. The number of carbonyl (C=O) groups is 1. The fourth-order valence-electron chi connectivity index (χ4n) is 5.00. The van der Waals surface area contributed by atoms with Crippen molar-refractivity contribution in [3.63, 3.8) is 0 Å². The van der Waals surface area contributed by atoms with Crippen LogP contribution >= 0.6 is 0 Å². The molecule has 0 saturated heterocycles. The molecule has 1 atom stereocenters. The standard InChI is InChI=1S/C25H27N3O/c1-28-16-22(20-9-5-6-10-24(20)28)21-15-23(26-27-25(21)29)19-13-11-18(12-14-19)17-7-3-2-4-8-17/h5-6,9-14,16-17,21H,2-4,7-8,15H2,1H3,(H,27,29)/t21-/m0/s1. The smallest absolute Gasteiger partial charge is 0.248 e. The van der Waals surface area contributed by atoms with E-state index in [1.165, 1.54) is 37.7 Å². The number of amides is 1. The van der Waals surface area contributed by atoms with Gasteiger partial charge in [0.2, 0.25) is 5.91 Å². The molecule has 2 aromatic carbocycles. The summed E-state index contributed by atoms with van der Waals surface area (Å²) in [6.45, 7) is 0. The zero-order chi connectivity index (χ0) is 19.8. The molecule has 1 aliphatic carbocycles. The van der Waals surface area contributed by atoms with E-state index in [4.69, 9.17) is 0 Å². The van der Waals surface area contributed by atoms with Crippen LogP contribution in [0.25, 0.3) is 10.9 Å². The first-order chi connectivity index (χ1) is 14.2. The summed E-state index contributed by atoms with van der Waals surface area (Å²) < 4.78 is 2.10. The lowest BCUT2D eigenvalue weighted by molar-refractivity contribution is -0.122. The number of nitrogens with one attached hydrogen (secondary N) is 1. The second-order valence-corrected chi connectivity index (χ2v) is 8.46. The Morgan fingerprint density at radius 2 is 1.76 bits per heavy atom. The third-order valence-electron chi connectivity index (χ3n) is 6.64. The normalized spacial score (nSPS) is 20.5. The Morgan fingerprint density at radius 3 is 2.55 bits per heavy atom. The van der Waals surface area contributed by atoms with Crippen molar-refractivity contribution >= 4 is 22.5 Å². The minimum atomic E-state index is -0.216. The van der Waals surface area contributed by atoms with Gasteiger partial charge in [-0.2, -0.15) is 5.10 Å². The number of aromatic nitrogens is 1. The fraction of sp³-hybridized carbons (Fsp3) is 0.360. The second kappa shape index (κ2) is 7.51. The van der Waals surface area contributed by atoms with Gasteiger partial charge in [-0.3, -0.25) is 4.79 Å². The van der Waals surface area contributed by atoms with Gasteiger partial charge in [-0.1, -0.05) is 61.7 Å². The van der Waals surface area contributed by atoms with E-state index in [-0.39, 0.29) is 11.8 Å². The average Bonchev–Trinajstić information content (AvgIpc) is 3.11. The Hall–Kier alpha value is -2.88. The molecule has 0 unspecified atom stereocenters. The van der Waals surface area contributed by atoms with Crippen LogP contribution in [0.15, 0.2) is 59.8 Å². The Labute approximate surface area is 171 Å². The molecular formula is C25H27N3O. The lowest BCUT2D eigenvalue weighted by atomic mass is 9.83. The summed E-state index contributed by atoms with van der Waals surface area (Å²) in [7, 11) is 2.03. The van der Waals surface area contributed by atoms with Crippen LogP contribution in [0, 0.1) is 0 Å². The van der Waals surface area contributed by atoms with Crippen LogP contribution < -0.4 is 5.43 Å². The first kappa shape index (κ1) is 18.2. The molecule has 0 radical (unpaired) electrons. The predicted octanol–water partition coefficient (Wildman–Crippen LogP) is 5.23. The van der Waals surface area contributed by atoms with E-state index < -0.39 is 0 Å². The molecular weight excluding hydrogens is 358 g/mol. The zero-order valence-electron chi connectivity index (χ0n) is 16.9. The molecule has 1 aliphatic heterocycles. The minimum Gasteiger partial charge on any atom is -0.350 e. The van der Waals surface area contributed by atoms with E-state index in [2.05, 4.69) is 57.7 Å². The number of benzene rings is 2. The Morgan fingerprint density at radius 1 is 1.00 bits per heavy atom. The quantitative estimate of drug-likeness (QED) is 0.659. The summed E-state index contributed by atoms with van der Waals surface area (Å²) in [6.07, 6.45) is 9.39. The number of rotatable bonds is 3. The van der Waals surface area contributed by atoms with Crippen LogP contribution in [-0.4, -0.2) is 16.2 Å². The van der Waals surface area contributed by atoms with Crippen molar-refractivity contribution in [2.45, 2.75) is 50.4 Å². The van der Waals surface area contributed by atoms with Crippen LogP contribution in [0.4, 0.5) is 0 Å². The number of hydrogen-bond donors (Lipinski definition) is 1. The van der Waals surface area contributed by atoms with Gasteiger partial charge >= 0.3 is 0 Å². The molecule has 1 saturated carbocycles. The summed E-state index contributed by atoms with van der Waals surface area (Å²) in [4.78, 5) is 12.7. The molecule has 5 rings (SSSR count). The molecule has 29 heavy (non-hydrogen) atoms. The number of carbonyl (C=O) groups excluding carboxylic acids is 1. The van der Waals surface area contributed by atoms with Gasteiger partial charge in [0.15, 0.2) is 0 Å². The molecule has 148 valence electrons. The molecule has 4 nitrogen and oxygen atoms in total. The van der Waals surface area contributed by atoms with Crippen LogP contribution in [0.2, 0.25) is 0 Å². The van der Waals surface area contributed by atoms with Crippen molar-refractivity contribution in [2.24, 2.45) is 12.1 Å². The van der Waals surface area contributed by atoms with Gasteiger partial charge in [0, 0.05) is 30.6 Å². The SMILES string of the molecule is Cn1cc([C@@H]2CC(c3ccc(C4CCCCC4)cc3)=NNC2=O)c2ccccc21. The fourth-order valence-corrected chi connectivity index (χ4v) is 5.00. The molecule has 1 aromatic heterocycles. The van der Waals surface area contributed by atoms with Crippen LogP contribution in [0.3, 0.4) is 0 Å². The summed E-state index contributed by atoms with van der Waals surface area (Å²) in [6, 6.07) is 17.1. The summed E-state index contributed by atoms with van der Waals surface area (Å²) in [5, 5.41) is 5.54. The van der Waals surface area contributed by atoms with Crippen LogP contribution in [0.1, 0.15) is 67.1 Å². The highest BCUT2D eigenvalue weighted by Crippen LogP contribution is 2.34. The first-order valence-corrected chi connectivity index (χ1v) is 10.7. The third-order valence-corrected chi connectivity index (χ3v) is 6.64. The van der Waals surface area contributed by atoms with E-state index in [0.717, 1.165) is 27.7 Å². The Kier molecular flexibility index (Phi) is 4.70. The molecule has 1 N–H and O–H groups in total. The van der Waals surface area contributed by atoms with E-state index in [9.17, 15) is 4.79 Å². The molecule has 1 fully saturated rings. The van der Waals surface area contributed by atoms with Gasteiger partial charge in [0.25, 0.3) is 0 Å². The topological polar surface area (TPSA) is 46.4 Å². The first-order valence-electron chi connectivity index (χ1n) is 10.7. The predicted molar refractivity (Wildman–Crippen MR) is 117 cm³/mol. The van der Waals surface area contributed by atoms with E-state index >= 15 is 0 Å². The monoisotopic (exact) mass is 385 g/mol. The van der Waals surface area contributed by atoms with Crippen molar-refractivity contribution < 1.29 is 4.79 Å². The van der Waals surface area contributed by atoms with Gasteiger partial charge < -0.3 is 4.57 Å². The Bertz CT molecular complexity index is 1070. The molecule has 2 heterocycles. The van der Waals surface area contributed by atoms with Crippen LogP contribution in [-0.2, 0) is 11.8 Å². The van der Waals surface area contributed by atoms with Gasteiger partial charge in [0.1, 0.15) is 0 Å². The second-order valence-electron chi connectivity index (χ2n) is 8.46. The molecule has 0 bridgehead atoms. The largest absolute Gasteiger partial charge is 0.350 e. The van der Waals surface area contributed by atoms with Gasteiger partial charge in [-0.25, -0.2) is 5.43 Å². The highest BCUT2D eigenvalue weighted by molar-refractivity contribution is 6.07. The van der Waals surface area contributed by atoms with Crippen molar-refractivity contribution in [2.75, 3.05) is 0 Å². The lowest BCUT2D eigenvalue weighted by Crippen LogP contribution is -2.33. The number of fused-ring (bicyclic) bond motifs is 1. The third kappa shape index (κ3) is 3.37. The maximum atomic E-state index is 12.7. The van der Waals surface area contributed by atoms with Gasteiger partial charge in [-0.15, -0.1) is 0 Å². The molecule has 4 heteroatoms. The highest BCUT2D eigenvalue weighted by Gasteiger charge is 2.29. The number of nitrogens with zero attached hydrogens (tertiary/aromatic N) is 2. The maximum absolute atomic E-state index is 12.7. The van der Waals surface area contributed by atoms with E-state index in [1.807, 2.05) is 19.2 Å². The summed E-state index contributed by atoms with van der Waals surface area (Å²) in [5.41, 5.74) is 8.50. The number of hydrogen-bond acceptors (Lipinski definition) is 2. The van der Waals surface area contributed by atoms with Gasteiger partial charge in [0.05, 0.1) is 11.6 Å². The average molecular weight is 386 g/mol. The van der Waals surface area contributed by atoms with Crippen molar-refractivity contribution in [1.82, 2.24) is 9.99 Å². The van der Waals surface area contributed by atoms with Gasteiger partial charge in [-0.05, 0) is 41.5 Å². The number of hydrazone groups is 1. The minimum absolute atomic E-state index is 0.0241. The lowest BCUT2D eigenvalue weighted by Gasteiger charge is -2.23. The molecule has 0 spiro atoms. The summed E-state index contributed by atoms with van der Waals surface area (Å²) >= 11 is 0. The highest BCUT2D eigenvalue weighted by atomic mass is 16.2. The van der Waals surface area contributed by atoms with E-state index in [0.29, 0.717) is 12.3 Å². The molecule has 3 aromatic rings.